The molecule has 1 fully saturated rings. The summed E-state index contributed by atoms with van der Waals surface area (Å²) in [7, 11) is 3.21. The Morgan fingerprint density at radius 3 is 2.72 bits per heavy atom. The summed E-state index contributed by atoms with van der Waals surface area (Å²) in [5, 5.41) is 6.89. The molecular formula is C16H15ClF2N4O2. The van der Waals surface area contributed by atoms with Gasteiger partial charge in [-0.25, -0.2) is 8.78 Å². The maximum atomic E-state index is 13.8. The number of carbonyl (C=O) groups excluding carboxylic acids is 2. The van der Waals surface area contributed by atoms with Gasteiger partial charge in [-0.15, -0.1) is 0 Å². The fraction of sp³-hybridized carbons (Fsp3) is 0.312. The third-order valence-corrected chi connectivity index (χ3v) is 4.58. The van der Waals surface area contributed by atoms with Gasteiger partial charge < -0.3 is 10.2 Å². The van der Waals surface area contributed by atoms with Crippen LogP contribution >= 0.6 is 11.6 Å². The van der Waals surface area contributed by atoms with E-state index in [1.165, 1.54) is 21.7 Å². The predicted molar refractivity (Wildman–Crippen MR) is 87.1 cm³/mol. The first-order valence-electron chi connectivity index (χ1n) is 7.49. The van der Waals surface area contributed by atoms with Gasteiger partial charge >= 0.3 is 0 Å². The van der Waals surface area contributed by atoms with Gasteiger partial charge in [0, 0.05) is 26.6 Å². The predicted octanol–water partition coefficient (Wildman–Crippen LogP) is 2.16. The molecule has 2 unspecified atom stereocenters. The Bertz CT molecular complexity index is 835. The Balaban J connectivity index is 1.90. The summed E-state index contributed by atoms with van der Waals surface area (Å²) >= 11 is 5.99. The second-order valence-electron chi connectivity index (χ2n) is 5.91. The molecule has 0 aliphatic carbocycles. The topological polar surface area (TPSA) is 67.2 Å². The van der Waals surface area contributed by atoms with E-state index in [4.69, 9.17) is 11.6 Å². The number of hydrogen-bond donors (Lipinski definition) is 1. The third kappa shape index (κ3) is 3.09. The number of amides is 2. The van der Waals surface area contributed by atoms with E-state index in [0.717, 1.165) is 6.07 Å². The highest BCUT2D eigenvalue weighted by Crippen LogP contribution is 2.34. The summed E-state index contributed by atoms with van der Waals surface area (Å²) in [5.41, 5.74) is 0.176. The molecule has 25 heavy (non-hydrogen) atoms. The Labute approximate surface area is 147 Å². The van der Waals surface area contributed by atoms with E-state index in [2.05, 4.69) is 10.4 Å². The Kier molecular flexibility index (Phi) is 4.47. The van der Waals surface area contributed by atoms with Gasteiger partial charge in [-0.05, 0) is 18.2 Å². The molecule has 2 atom stereocenters. The zero-order valence-electron chi connectivity index (χ0n) is 13.5. The smallest absolute Gasteiger partial charge is 0.237 e. The van der Waals surface area contributed by atoms with Crippen LogP contribution in [0.4, 0.5) is 14.5 Å². The molecule has 0 bridgehead atoms. The summed E-state index contributed by atoms with van der Waals surface area (Å²) in [6, 6.07) is 5.03. The lowest BCUT2D eigenvalue weighted by molar-refractivity contribution is -0.135. The van der Waals surface area contributed by atoms with Crippen molar-refractivity contribution in [3.05, 3.63) is 46.7 Å². The van der Waals surface area contributed by atoms with E-state index in [1.54, 1.807) is 20.2 Å². The molecule has 0 spiro atoms. The van der Waals surface area contributed by atoms with Crippen LogP contribution in [0.2, 0.25) is 5.15 Å². The first-order valence-corrected chi connectivity index (χ1v) is 7.86. The maximum Gasteiger partial charge on any atom is 0.237 e. The number of benzene rings is 1. The van der Waals surface area contributed by atoms with Crippen LogP contribution < -0.4 is 5.32 Å². The van der Waals surface area contributed by atoms with Gasteiger partial charge in [-0.1, -0.05) is 17.7 Å². The summed E-state index contributed by atoms with van der Waals surface area (Å²) in [5.74, 6) is -5.02. The Morgan fingerprint density at radius 2 is 2.08 bits per heavy atom. The third-order valence-electron chi connectivity index (χ3n) is 4.23. The number of aromatic nitrogens is 2. The van der Waals surface area contributed by atoms with Crippen LogP contribution in [0.25, 0.3) is 0 Å². The lowest BCUT2D eigenvalue weighted by atomic mass is 9.91. The maximum absolute atomic E-state index is 13.8. The number of likely N-dealkylation sites (N-methyl/N-ethyl adjacent to an activating group) is 1. The van der Waals surface area contributed by atoms with Crippen molar-refractivity contribution in [2.24, 2.45) is 13.0 Å². The minimum Gasteiger partial charge on any atom is -0.344 e. The van der Waals surface area contributed by atoms with Crippen molar-refractivity contribution >= 4 is 29.1 Å². The zero-order valence-corrected chi connectivity index (χ0v) is 14.2. The molecule has 9 heteroatoms. The highest BCUT2D eigenvalue weighted by Gasteiger charge is 2.45. The van der Waals surface area contributed by atoms with E-state index in [0.29, 0.717) is 10.8 Å². The van der Waals surface area contributed by atoms with Gasteiger partial charge in [0.1, 0.15) is 11.1 Å². The minimum absolute atomic E-state index is 0.274. The SMILES string of the molecule is CN1CC(c2cc(Cl)n(C)n2)C(C(=O)Nc2cccc(F)c2F)C1=O. The number of halogens is 3. The molecular weight excluding hydrogens is 354 g/mol. The van der Waals surface area contributed by atoms with Crippen LogP contribution in [-0.4, -0.2) is 40.1 Å². The van der Waals surface area contributed by atoms with Gasteiger partial charge in [0.25, 0.3) is 0 Å². The van der Waals surface area contributed by atoms with Crippen LogP contribution in [0.3, 0.4) is 0 Å². The molecule has 1 N–H and O–H groups in total. The molecule has 2 heterocycles. The summed E-state index contributed by atoms with van der Waals surface area (Å²) in [6.45, 7) is 0.274. The number of likely N-dealkylation sites (tertiary alicyclic amines) is 1. The highest BCUT2D eigenvalue weighted by atomic mass is 35.5. The monoisotopic (exact) mass is 368 g/mol. The fourth-order valence-electron chi connectivity index (χ4n) is 2.92. The molecule has 6 nitrogen and oxygen atoms in total. The molecule has 1 aliphatic rings. The van der Waals surface area contributed by atoms with Crippen molar-refractivity contribution in [3.63, 3.8) is 0 Å². The van der Waals surface area contributed by atoms with Gasteiger partial charge in [-0.3, -0.25) is 14.3 Å². The quantitative estimate of drug-likeness (QED) is 0.844. The van der Waals surface area contributed by atoms with Gasteiger partial charge in [0.2, 0.25) is 11.8 Å². The molecule has 1 aromatic heterocycles. The molecule has 0 saturated carbocycles. The summed E-state index contributed by atoms with van der Waals surface area (Å²) in [4.78, 5) is 26.4. The zero-order chi connectivity index (χ0) is 18.3. The molecule has 0 radical (unpaired) electrons. The van der Waals surface area contributed by atoms with Gasteiger partial charge in [0.05, 0.1) is 11.4 Å². The minimum atomic E-state index is -1.17. The molecule has 2 amide bonds. The number of nitrogens with zero attached hydrogens (tertiary/aromatic N) is 3. The van der Waals surface area contributed by atoms with Crippen LogP contribution in [-0.2, 0) is 16.6 Å². The van der Waals surface area contributed by atoms with Crippen molar-refractivity contribution in [1.29, 1.82) is 0 Å². The average Bonchev–Trinajstić information content (AvgIpc) is 3.04. The van der Waals surface area contributed by atoms with Crippen LogP contribution in [0.15, 0.2) is 24.3 Å². The van der Waals surface area contributed by atoms with Crippen molar-refractivity contribution in [1.82, 2.24) is 14.7 Å². The molecule has 1 aromatic carbocycles. The number of aryl methyl sites for hydroxylation is 1. The number of hydrogen-bond acceptors (Lipinski definition) is 3. The van der Waals surface area contributed by atoms with Crippen molar-refractivity contribution in [3.8, 4) is 0 Å². The normalized spacial score (nSPS) is 20.2. The second kappa shape index (κ2) is 6.44. The number of carbonyl (C=O) groups is 2. The average molecular weight is 369 g/mol. The lowest BCUT2D eigenvalue weighted by Gasteiger charge is -2.15. The molecule has 1 aliphatic heterocycles. The van der Waals surface area contributed by atoms with E-state index >= 15 is 0 Å². The standard InChI is InChI=1S/C16H15ClF2N4O2/c1-22-7-8(11-6-12(17)23(2)21-11)13(16(22)25)15(24)20-10-5-3-4-9(18)14(10)19/h3-6,8,13H,7H2,1-2H3,(H,20,24). The molecule has 1 saturated heterocycles. The van der Waals surface area contributed by atoms with E-state index in [9.17, 15) is 18.4 Å². The Hall–Kier alpha value is -2.48. The molecule has 132 valence electrons. The van der Waals surface area contributed by atoms with E-state index in [1.807, 2.05) is 0 Å². The van der Waals surface area contributed by atoms with Crippen molar-refractivity contribution in [2.45, 2.75) is 5.92 Å². The summed E-state index contributed by atoms with van der Waals surface area (Å²) < 4.78 is 28.5. The first kappa shape index (κ1) is 17.3. The Morgan fingerprint density at radius 1 is 1.36 bits per heavy atom. The van der Waals surface area contributed by atoms with Gasteiger partial charge in [-0.2, -0.15) is 5.10 Å². The first-order chi connectivity index (χ1) is 11.8. The largest absolute Gasteiger partial charge is 0.344 e. The van der Waals surface area contributed by atoms with Crippen LogP contribution in [0.1, 0.15) is 11.6 Å². The van der Waals surface area contributed by atoms with Crippen LogP contribution in [0, 0.1) is 17.6 Å². The van der Waals surface area contributed by atoms with Crippen molar-refractivity contribution in [2.75, 3.05) is 18.9 Å². The second-order valence-corrected chi connectivity index (χ2v) is 6.30. The lowest BCUT2D eigenvalue weighted by Crippen LogP contribution is -2.33. The molecule has 3 rings (SSSR count). The van der Waals surface area contributed by atoms with Crippen molar-refractivity contribution < 1.29 is 18.4 Å². The van der Waals surface area contributed by atoms with Crippen LogP contribution in [0.5, 0.6) is 0 Å². The number of anilines is 1. The number of nitrogens with one attached hydrogen (secondary N) is 1. The fourth-order valence-corrected chi connectivity index (χ4v) is 3.07. The highest BCUT2D eigenvalue weighted by molar-refractivity contribution is 6.29. The van der Waals surface area contributed by atoms with E-state index < -0.39 is 35.3 Å². The van der Waals surface area contributed by atoms with E-state index in [-0.39, 0.29) is 12.2 Å². The van der Waals surface area contributed by atoms with Gasteiger partial charge in [0.15, 0.2) is 11.6 Å². The number of rotatable bonds is 3. The molecule has 2 aromatic rings. The summed E-state index contributed by atoms with van der Waals surface area (Å²) in [6.07, 6.45) is 0.